The SMILES string of the molecule is c1ccc(-c2nc(-c3cccc(-n4c5ccccc5c5cc6c7ccccc7n(-c7ccccc7)c6cc54)c3)nc(-c3cccc4c3sc3ccccc34)n2)cc1. The third kappa shape index (κ3) is 4.98. The van der Waals surface area contributed by atoms with E-state index in [-0.39, 0.29) is 0 Å². The summed E-state index contributed by atoms with van der Waals surface area (Å²) < 4.78 is 7.20. The highest BCUT2D eigenvalue weighted by Gasteiger charge is 2.20. The molecule has 0 saturated carbocycles. The van der Waals surface area contributed by atoms with Gasteiger partial charge in [-0.3, -0.25) is 0 Å². The van der Waals surface area contributed by atoms with Crippen LogP contribution in [-0.4, -0.2) is 24.1 Å². The first kappa shape index (κ1) is 31.9. The number of thiophene rings is 1. The molecule has 0 spiro atoms. The summed E-state index contributed by atoms with van der Waals surface area (Å²) >= 11 is 1.79. The number of hydrogen-bond donors (Lipinski definition) is 0. The van der Waals surface area contributed by atoms with Crippen LogP contribution < -0.4 is 0 Å². The molecule has 0 aliphatic carbocycles. The van der Waals surface area contributed by atoms with E-state index in [9.17, 15) is 0 Å². The second kappa shape index (κ2) is 12.6. The van der Waals surface area contributed by atoms with Crippen molar-refractivity contribution < 1.29 is 0 Å². The average molecular weight is 746 g/mol. The number of hydrogen-bond acceptors (Lipinski definition) is 4. The van der Waals surface area contributed by atoms with E-state index in [4.69, 9.17) is 15.0 Å². The first-order valence-corrected chi connectivity index (χ1v) is 19.9. The largest absolute Gasteiger partial charge is 0.309 e. The lowest BCUT2D eigenvalue weighted by Crippen LogP contribution is -2.01. The van der Waals surface area contributed by atoms with Gasteiger partial charge in [-0.1, -0.05) is 127 Å². The fourth-order valence-corrected chi connectivity index (χ4v) is 9.83. The Kier molecular flexibility index (Phi) is 7.03. The number of aromatic nitrogens is 5. The summed E-state index contributed by atoms with van der Waals surface area (Å²) in [6.07, 6.45) is 0. The van der Waals surface area contributed by atoms with Crippen molar-refractivity contribution >= 4 is 75.1 Å². The zero-order chi connectivity index (χ0) is 37.5. The molecule has 4 heterocycles. The monoisotopic (exact) mass is 745 g/mol. The van der Waals surface area contributed by atoms with E-state index in [2.05, 4.69) is 179 Å². The molecule has 8 aromatic carbocycles. The minimum absolute atomic E-state index is 0.631. The van der Waals surface area contributed by atoms with Gasteiger partial charge in [-0.2, -0.15) is 0 Å². The fraction of sp³-hybridized carbons (Fsp3) is 0. The minimum atomic E-state index is 0.631. The number of benzene rings is 8. The van der Waals surface area contributed by atoms with Crippen LogP contribution in [0.1, 0.15) is 0 Å². The summed E-state index contributed by atoms with van der Waals surface area (Å²) in [6, 6.07) is 66.7. The van der Waals surface area contributed by atoms with Gasteiger partial charge in [0.05, 0.1) is 22.1 Å². The summed E-state index contributed by atoms with van der Waals surface area (Å²) in [5.41, 5.74) is 9.68. The molecule has 12 aromatic rings. The molecule has 0 aliphatic rings. The van der Waals surface area contributed by atoms with Crippen LogP contribution in [0.2, 0.25) is 0 Å². The van der Waals surface area contributed by atoms with Gasteiger partial charge in [-0.15, -0.1) is 11.3 Å². The molecular weight excluding hydrogens is 715 g/mol. The molecule has 12 rings (SSSR count). The van der Waals surface area contributed by atoms with Crippen molar-refractivity contribution in [1.29, 1.82) is 0 Å². The van der Waals surface area contributed by atoms with Crippen LogP contribution in [0, 0.1) is 0 Å². The van der Waals surface area contributed by atoms with Gasteiger partial charge in [0.25, 0.3) is 0 Å². The summed E-state index contributed by atoms with van der Waals surface area (Å²) in [6.45, 7) is 0. The number of para-hydroxylation sites is 3. The van der Waals surface area contributed by atoms with Crippen molar-refractivity contribution in [3.05, 3.63) is 188 Å². The fourth-order valence-electron chi connectivity index (χ4n) is 8.61. The Balaban J connectivity index is 1.09. The number of fused-ring (bicyclic) bond motifs is 9. The minimum Gasteiger partial charge on any atom is -0.309 e. The van der Waals surface area contributed by atoms with Gasteiger partial charge in [0, 0.05) is 69.8 Å². The lowest BCUT2D eigenvalue weighted by atomic mass is 10.1. The highest BCUT2D eigenvalue weighted by Crippen LogP contribution is 2.42. The first-order valence-electron chi connectivity index (χ1n) is 19.1. The van der Waals surface area contributed by atoms with Gasteiger partial charge in [0.1, 0.15) is 0 Å². The van der Waals surface area contributed by atoms with Crippen molar-refractivity contribution in [2.45, 2.75) is 0 Å². The van der Waals surface area contributed by atoms with E-state index in [0.29, 0.717) is 17.5 Å². The predicted molar refractivity (Wildman–Crippen MR) is 238 cm³/mol. The van der Waals surface area contributed by atoms with Crippen LogP contribution in [0.4, 0.5) is 0 Å². The summed E-state index contributed by atoms with van der Waals surface area (Å²) in [7, 11) is 0. The number of rotatable bonds is 5. The standard InChI is InChI=1S/C51H31N5S/c1-3-15-32(16-4-1)49-52-50(54-51(53-49)40-25-14-24-39-38-23-9-12-28-47(38)57-48(39)40)33-17-13-20-35(29-33)56-44-27-11-8-22-37(44)42-30-41-36-21-7-10-26-43(36)55(45(41)31-46(42)56)34-18-5-2-6-19-34/h1-31H. The molecular formula is C51H31N5S. The van der Waals surface area contributed by atoms with Crippen LogP contribution >= 0.6 is 11.3 Å². The van der Waals surface area contributed by atoms with E-state index in [1.807, 2.05) is 18.2 Å². The maximum absolute atomic E-state index is 5.25. The lowest BCUT2D eigenvalue weighted by Gasteiger charge is -2.12. The Morgan fingerprint density at radius 2 is 0.860 bits per heavy atom. The van der Waals surface area contributed by atoms with E-state index < -0.39 is 0 Å². The summed E-state index contributed by atoms with van der Waals surface area (Å²) in [4.78, 5) is 15.5. The molecule has 0 fully saturated rings. The zero-order valence-corrected chi connectivity index (χ0v) is 31.4. The summed E-state index contributed by atoms with van der Waals surface area (Å²) in [5, 5.41) is 7.36. The molecule has 0 bridgehead atoms. The van der Waals surface area contributed by atoms with E-state index in [1.54, 1.807) is 11.3 Å². The topological polar surface area (TPSA) is 48.5 Å². The van der Waals surface area contributed by atoms with Crippen molar-refractivity contribution in [3.8, 4) is 45.5 Å². The van der Waals surface area contributed by atoms with Gasteiger partial charge >= 0.3 is 0 Å². The van der Waals surface area contributed by atoms with Crippen LogP contribution in [0.25, 0.3) is 109 Å². The molecule has 0 radical (unpaired) electrons. The maximum Gasteiger partial charge on any atom is 0.165 e. The van der Waals surface area contributed by atoms with Crippen LogP contribution in [0.15, 0.2) is 188 Å². The lowest BCUT2D eigenvalue weighted by molar-refractivity contribution is 1.07. The Hall–Kier alpha value is -7.41. The average Bonchev–Trinajstić information content (AvgIpc) is 3.93. The molecule has 266 valence electrons. The van der Waals surface area contributed by atoms with Crippen molar-refractivity contribution in [1.82, 2.24) is 24.1 Å². The van der Waals surface area contributed by atoms with Crippen LogP contribution in [-0.2, 0) is 0 Å². The molecule has 0 atom stereocenters. The molecule has 0 saturated heterocycles. The predicted octanol–water partition coefficient (Wildman–Crippen LogP) is 13.4. The first-order chi connectivity index (χ1) is 28.3. The molecule has 6 heteroatoms. The molecule has 0 unspecified atom stereocenters. The Morgan fingerprint density at radius 3 is 1.60 bits per heavy atom. The van der Waals surface area contributed by atoms with E-state index in [0.717, 1.165) is 39.1 Å². The molecule has 5 nitrogen and oxygen atoms in total. The van der Waals surface area contributed by atoms with Crippen LogP contribution in [0.5, 0.6) is 0 Å². The van der Waals surface area contributed by atoms with Gasteiger partial charge in [0.2, 0.25) is 0 Å². The second-order valence-corrected chi connectivity index (χ2v) is 15.5. The van der Waals surface area contributed by atoms with Gasteiger partial charge in [-0.25, -0.2) is 15.0 Å². The molecule has 57 heavy (non-hydrogen) atoms. The highest BCUT2D eigenvalue weighted by atomic mass is 32.1. The second-order valence-electron chi connectivity index (χ2n) is 14.4. The maximum atomic E-state index is 5.25. The molecule has 0 N–H and O–H groups in total. The Morgan fingerprint density at radius 1 is 0.333 bits per heavy atom. The highest BCUT2D eigenvalue weighted by molar-refractivity contribution is 7.26. The third-order valence-electron chi connectivity index (χ3n) is 11.2. The molecule has 0 aliphatic heterocycles. The quantitative estimate of drug-likeness (QED) is 0.176. The van der Waals surface area contributed by atoms with Gasteiger partial charge in [0.15, 0.2) is 17.5 Å². The van der Waals surface area contributed by atoms with Crippen LogP contribution in [0.3, 0.4) is 0 Å². The zero-order valence-electron chi connectivity index (χ0n) is 30.5. The summed E-state index contributed by atoms with van der Waals surface area (Å²) in [5.74, 6) is 1.94. The Labute approximate surface area is 331 Å². The third-order valence-corrected chi connectivity index (χ3v) is 12.4. The molecule has 0 amide bonds. The van der Waals surface area contributed by atoms with Crippen molar-refractivity contribution in [3.63, 3.8) is 0 Å². The van der Waals surface area contributed by atoms with Gasteiger partial charge in [-0.05, 0) is 60.7 Å². The normalized spacial score (nSPS) is 11.9. The number of nitrogens with zero attached hydrogens (tertiary/aromatic N) is 5. The molecule has 4 aromatic heterocycles. The smallest absolute Gasteiger partial charge is 0.165 e. The van der Waals surface area contributed by atoms with Crippen molar-refractivity contribution in [2.75, 3.05) is 0 Å². The van der Waals surface area contributed by atoms with E-state index >= 15 is 0 Å². The van der Waals surface area contributed by atoms with E-state index in [1.165, 1.54) is 52.8 Å². The Bertz CT molecular complexity index is 3520. The van der Waals surface area contributed by atoms with Crippen molar-refractivity contribution in [2.24, 2.45) is 0 Å². The van der Waals surface area contributed by atoms with Gasteiger partial charge < -0.3 is 9.13 Å².